The van der Waals surface area contributed by atoms with Gasteiger partial charge in [0.25, 0.3) is 11.8 Å². The third kappa shape index (κ3) is 5.30. The molecule has 2 aromatic carbocycles. The first kappa shape index (κ1) is 19.0. The largest absolute Gasteiger partial charge is 0.496 e. The molecule has 0 saturated heterocycles. The number of benzene rings is 2. The number of carbonyl (C=O) groups is 2. The Bertz CT molecular complexity index is 747. The molecule has 0 radical (unpaired) electrons. The summed E-state index contributed by atoms with van der Waals surface area (Å²) in [6.07, 6.45) is 0. The molecule has 0 aromatic heterocycles. The van der Waals surface area contributed by atoms with Crippen LogP contribution >= 0.6 is 15.9 Å². The lowest BCUT2D eigenvalue weighted by Crippen LogP contribution is -2.26. The van der Waals surface area contributed by atoms with Gasteiger partial charge in [0.15, 0.2) is 0 Å². The number of anilines is 1. The average molecular weight is 407 g/mol. The molecule has 2 amide bonds. The second-order valence-corrected chi connectivity index (χ2v) is 6.04. The number of amides is 2. The molecular formula is C18H19BrN2O4. The van der Waals surface area contributed by atoms with E-state index in [1.807, 2.05) is 0 Å². The van der Waals surface area contributed by atoms with Gasteiger partial charge in [0, 0.05) is 29.4 Å². The van der Waals surface area contributed by atoms with Crippen LogP contribution in [-0.4, -0.2) is 39.2 Å². The summed E-state index contributed by atoms with van der Waals surface area (Å²) in [4.78, 5) is 24.4. The molecule has 2 rings (SSSR count). The van der Waals surface area contributed by atoms with Gasteiger partial charge in [0.05, 0.1) is 19.3 Å². The maximum absolute atomic E-state index is 12.4. The van der Waals surface area contributed by atoms with E-state index in [-0.39, 0.29) is 11.8 Å². The molecule has 2 aromatic rings. The summed E-state index contributed by atoms with van der Waals surface area (Å²) in [6.45, 7) is 0.894. The minimum absolute atomic E-state index is 0.191. The fourth-order valence-corrected chi connectivity index (χ4v) is 2.49. The van der Waals surface area contributed by atoms with Gasteiger partial charge >= 0.3 is 0 Å². The zero-order valence-electron chi connectivity index (χ0n) is 14.0. The molecule has 0 aliphatic carbocycles. The number of hydrogen-bond donors (Lipinski definition) is 2. The lowest BCUT2D eigenvalue weighted by molar-refractivity contribution is 0.0936. The Balaban J connectivity index is 2.05. The van der Waals surface area contributed by atoms with Crippen LogP contribution in [0, 0.1) is 0 Å². The molecule has 0 aliphatic heterocycles. The van der Waals surface area contributed by atoms with E-state index in [1.54, 1.807) is 49.6 Å². The Kier molecular flexibility index (Phi) is 6.97. The van der Waals surface area contributed by atoms with Gasteiger partial charge in [0.2, 0.25) is 0 Å². The highest BCUT2D eigenvalue weighted by Crippen LogP contribution is 2.24. The van der Waals surface area contributed by atoms with Crippen molar-refractivity contribution in [1.82, 2.24) is 5.32 Å². The summed E-state index contributed by atoms with van der Waals surface area (Å²) in [5, 5.41) is 5.52. The van der Waals surface area contributed by atoms with Crippen molar-refractivity contribution in [3.63, 3.8) is 0 Å². The molecule has 0 atom stereocenters. The Hall–Kier alpha value is -2.38. The highest BCUT2D eigenvalue weighted by molar-refractivity contribution is 9.10. The van der Waals surface area contributed by atoms with Gasteiger partial charge in [0.1, 0.15) is 5.75 Å². The number of nitrogens with one attached hydrogen (secondary N) is 2. The van der Waals surface area contributed by atoms with Crippen LogP contribution in [-0.2, 0) is 4.74 Å². The zero-order valence-corrected chi connectivity index (χ0v) is 15.6. The highest BCUT2D eigenvalue weighted by atomic mass is 79.9. The number of carbonyl (C=O) groups excluding carboxylic acids is 2. The quantitative estimate of drug-likeness (QED) is 0.692. The fraction of sp³-hybridized carbons (Fsp3) is 0.222. The molecular weight excluding hydrogens is 388 g/mol. The van der Waals surface area contributed by atoms with Gasteiger partial charge in [-0.3, -0.25) is 9.59 Å². The van der Waals surface area contributed by atoms with Crippen LogP contribution < -0.4 is 15.4 Å². The normalized spacial score (nSPS) is 10.2. The van der Waals surface area contributed by atoms with Crippen LogP contribution in [0.25, 0.3) is 0 Å². The van der Waals surface area contributed by atoms with Gasteiger partial charge in [-0.1, -0.05) is 15.9 Å². The summed E-state index contributed by atoms with van der Waals surface area (Å²) < 4.78 is 10.9. The van der Waals surface area contributed by atoms with Crippen LogP contribution in [0.2, 0.25) is 0 Å². The summed E-state index contributed by atoms with van der Waals surface area (Å²) in [5.41, 5.74) is 1.51. The van der Waals surface area contributed by atoms with E-state index in [1.165, 1.54) is 7.11 Å². The van der Waals surface area contributed by atoms with Gasteiger partial charge < -0.3 is 20.1 Å². The lowest BCUT2D eigenvalue weighted by atomic mass is 10.1. The van der Waals surface area contributed by atoms with Crippen molar-refractivity contribution in [2.45, 2.75) is 0 Å². The predicted molar refractivity (Wildman–Crippen MR) is 99.3 cm³/mol. The molecule has 0 bridgehead atoms. The van der Waals surface area contributed by atoms with E-state index in [0.717, 1.165) is 4.47 Å². The van der Waals surface area contributed by atoms with Crippen LogP contribution in [0.15, 0.2) is 46.9 Å². The van der Waals surface area contributed by atoms with Gasteiger partial charge in [-0.05, 0) is 42.5 Å². The molecule has 132 valence electrons. The molecule has 0 heterocycles. The third-order valence-corrected chi connectivity index (χ3v) is 3.90. The number of rotatable bonds is 7. The first-order chi connectivity index (χ1) is 12.0. The van der Waals surface area contributed by atoms with E-state index >= 15 is 0 Å². The summed E-state index contributed by atoms with van der Waals surface area (Å²) >= 11 is 3.34. The van der Waals surface area contributed by atoms with E-state index < -0.39 is 0 Å². The number of ether oxygens (including phenoxy) is 2. The minimum atomic E-state index is -0.296. The van der Waals surface area contributed by atoms with Crippen molar-refractivity contribution < 1.29 is 19.1 Å². The first-order valence-electron chi connectivity index (χ1n) is 7.57. The molecule has 0 unspecified atom stereocenters. The minimum Gasteiger partial charge on any atom is -0.496 e. The molecule has 0 spiro atoms. The maximum atomic E-state index is 12.4. The Morgan fingerprint density at radius 2 is 1.76 bits per heavy atom. The molecule has 7 heteroatoms. The standard InChI is InChI=1S/C18H19BrN2O4/c1-24-10-9-20-17(22)12-3-6-14(7-4-12)21-18(23)15-11-13(19)5-8-16(15)25-2/h3-8,11H,9-10H2,1-2H3,(H,20,22)(H,21,23). The topological polar surface area (TPSA) is 76.7 Å². The second-order valence-electron chi connectivity index (χ2n) is 5.12. The Labute approximate surface area is 154 Å². The van der Waals surface area contributed by atoms with Crippen LogP contribution in [0.3, 0.4) is 0 Å². The predicted octanol–water partition coefficient (Wildman–Crippen LogP) is 3.09. The smallest absolute Gasteiger partial charge is 0.259 e. The van der Waals surface area contributed by atoms with E-state index in [4.69, 9.17) is 9.47 Å². The average Bonchev–Trinajstić information content (AvgIpc) is 2.62. The third-order valence-electron chi connectivity index (χ3n) is 3.40. The number of methoxy groups -OCH3 is 2. The van der Waals surface area contributed by atoms with Gasteiger partial charge in [-0.25, -0.2) is 0 Å². The zero-order chi connectivity index (χ0) is 18.2. The summed E-state index contributed by atoms with van der Waals surface area (Å²) in [7, 11) is 3.08. The van der Waals surface area contributed by atoms with E-state index in [9.17, 15) is 9.59 Å². The van der Waals surface area contributed by atoms with Crippen molar-refractivity contribution in [2.75, 3.05) is 32.7 Å². The molecule has 6 nitrogen and oxygen atoms in total. The number of hydrogen-bond acceptors (Lipinski definition) is 4. The Morgan fingerprint density at radius 3 is 2.40 bits per heavy atom. The van der Waals surface area contributed by atoms with Gasteiger partial charge in [-0.15, -0.1) is 0 Å². The molecule has 0 fully saturated rings. The SMILES string of the molecule is COCCNC(=O)c1ccc(NC(=O)c2cc(Br)ccc2OC)cc1. The van der Waals surface area contributed by atoms with Crippen molar-refractivity contribution >= 4 is 33.4 Å². The van der Waals surface area contributed by atoms with Crippen LogP contribution in [0.1, 0.15) is 20.7 Å². The maximum Gasteiger partial charge on any atom is 0.259 e. The second kappa shape index (κ2) is 9.19. The molecule has 25 heavy (non-hydrogen) atoms. The summed E-state index contributed by atoms with van der Waals surface area (Å²) in [6, 6.07) is 11.8. The Morgan fingerprint density at radius 1 is 1.04 bits per heavy atom. The molecule has 2 N–H and O–H groups in total. The number of halogens is 1. The van der Waals surface area contributed by atoms with E-state index in [2.05, 4.69) is 26.6 Å². The first-order valence-corrected chi connectivity index (χ1v) is 8.36. The van der Waals surface area contributed by atoms with Crippen LogP contribution in [0.5, 0.6) is 5.75 Å². The van der Waals surface area contributed by atoms with Crippen molar-refractivity contribution in [3.8, 4) is 5.75 Å². The van der Waals surface area contributed by atoms with Gasteiger partial charge in [-0.2, -0.15) is 0 Å². The van der Waals surface area contributed by atoms with E-state index in [0.29, 0.717) is 35.7 Å². The monoisotopic (exact) mass is 406 g/mol. The summed E-state index contributed by atoms with van der Waals surface area (Å²) in [5.74, 6) is -0.00567. The van der Waals surface area contributed by atoms with Crippen molar-refractivity contribution in [1.29, 1.82) is 0 Å². The van der Waals surface area contributed by atoms with Crippen molar-refractivity contribution in [3.05, 3.63) is 58.1 Å². The molecule has 0 aliphatic rings. The lowest BCUT2D eigenvalue weighted by Gasteiger charge is -2.10. The van der Waals surface area contributed by atoms with Crippen molar-refractivity contribution in [2.24, 2.45) is 0 Å². The van der Waals surface area contributed by atoms with Crippen LogP contribution in [0.4, 0.5) is 5.69 Å². The highest BCUT2D eigenvalue weighted by Gasteiger charge is 2.13. The molecule has 0 saturated carbocycles. The fourth-order valence-electron chi connectivity index (χ4n) is 2.13.